The Morgan fingerprint density at radius 1 is 1.27 bits per heavy atom. The topological polar surface area (TPSA) is 84.7 Å². The van der Waals surface area contributed by atoms with Gasteiger partial charge in [-0.3, -0.25) is 4.79 Å². The van der Waals surface area contributed by atoms with Gasteiger partial charge in [-0.2, -0.15) is 0 Å². The van der Waals surface area contributed by atoms with Crippen molar-refractivity contribution < 1.29 is 14.3 Å². The highest BCUT2D eigenvalue weighted by Gasteiger charge is 2.25. The molecule has 1 aliphatic rings. The number of nitrogens with one attached hydrogen (secondary N) is 1. The van der Waals surface area contributed by atoms with Gasteiger partial charge in [-0.05, 0) is 49.9 Å². The number of ether oxygens (including phenoxy) is 1. The Labute approximate surface area is 130 Å². The van der Waals surface area contributed by atoms with Crippen LogP contribution in [0.3, 0.4) is 0 Å². The molecule has 2 rings (SSSR count). The largest absolute Gasteiger partial charge is 0.473 e. The molecule has 6 heteroatoms. The summed E-state index contributed by atoms with van der Waals surface area (Å²) >= 11 is 0. The zero-order valence-electron chi connectivity index (χ0n) is 13.1. The van der Waals surface area contributed by atoms with E-state index in [1.54, 1.807) is 4.90 Å². The van der Waals surface area contributed by atoms with E-state index < -0.39 is 0 Å². The molecule has 1 saturated heterocycles. The van der Waals surface area contributed by atoms with Gasteiger partial charge in [0.1, 0.15) is 5.75 Å². The number of carbonyl (C=O) groups excluding carboxylic acids is 2. The molecular formula is C16H23N3O3. The number of carbonyl (C=O) groups is 2. The SMILES string of the molecule is Cc1ccc(OCNC(=O)N2CCC(C(N)=O)CC2)cc1C. The predicted octanol–water partition coefficient (Wildman–Crippen LogP) is 1.55. The molecule has 0 aliphatic carbocycles. The summed E-state index contributed by atoms with van der Waals surface area (Å²) in [5.41, 5.74) is 7.63. The fourth-order valence-corrected chi connectivity index (χ4v) is 2.46. The second-order valence-corrected chi connectivity index (χ2v) is 5.68. The summed E-state index contributed by atoms with van der Waals surface area (Å²) in [5.74, 6) is 0.338. The molecule has 22 heavy (non-hydrogen) atoms. The van der Waals surface area contributed by atoms with Gasteiger partial charge in [0.2, 0.25) is 5.91 Å². The summed E-state index contributed by atoms with van der Waals surface area (Å²) in [5, 5.41) is 2.73. The van der Waals surface area contributed by atoms with Crippen LogP contribution in [0.15, 0.2) is 18.2 Å². The zero-order chi connectivity index (χ0) is 16.1. The molecule has 0 radical (unpaired) electrons. The number of urea groups is 1. The number of rotatable bonds is 4. The summed E-state index contributed by atoms with van der Waals surface area (Å²) in [7, 11) is 0. The average molecular weight is 305 g/mol. The van der Waals surface area contributed by atoms with Gasteiger partial charge in [0.05, 0.1) is 0 Å². The van der Waals surface area contributed by atoms with E-state index in [4.69, 9.17) is 10.5 Å². The first-order chi connectivity index (χ1) is 10.5. The van der Waals surface area contributed by atoms with Gasteiger partial charge in [0.15, 0.2) is 6.73 Å². The molecule has 1 heterocycles. The third-order valence-corrected chi connectivity index (χ3v) is 4.13. The minimum absolute atomic E-state index is 0.115. The third-order valence-electron chi connectivity index (χ3n) is 4.13. The molecule has 120 valence electrons. The molecule has 0 spiro atoms. The maximum absolute atomic E-state index is 12.0. The van der Waals surface area contributed by atoms with E-state index in [9.17, 15) is 9.59 Å². The van der Waals surface area contributed by atoms with Crippen molar-refractivity contribution in [3.63, 3.8) is 0 Å². The van der Waals surface area contributed by atoms with E-state index in [1.165, 1.54) is 5.56 Å². The van der Waals surface area contributed by atoms with Gasteiger partial charge < -0.3 is 20.7 Å². The van der Waals surface area contributed by atoms with Crippen LogP contribution >= 0.6 is 0 Å². The van der Waals surface area contributed by atoms with E-state index >= 15 is 0 Å². The summed E-state index contributed by atoms with van der Waals surface area (Å²) in [6.45, 7) is 5.27. The molecule has 0 bridgehead atoms. The Balaban J connectivity index is 1.74. The molecule has 0 aromatic heterocycles. The van der Waals surface area contributed by atoms with Gasteiger partial charge in [-0.15, -0.1) is 0 Å². The van der Waals surface area contributed by atoms with Crippen LogP contribution in [0.1, 0.15) is 24.0 Å². The van der Waals surface area contributed by atoms with E-state index in [0.717, 1.165) is 11.3 Å². The van der Waals surface area contributed by atoms with Crippen molar-refractivity contribution in [3.8, 4) is 5.75 Å². The molecule has 6 nitrogen and oxygen atoms in total. The number of nitrogens with zero attached hydrogens (tertiary/aromatic N) is 1. The van der Waals surface area contributed by atoms with Crippen molar-refractivity contribution in [1.82, 2.24) is 10.2 Å². The summed E-state index contributed by atoms with van der Waals surface area (Å²) < 4.78 is 5.53. The van der Waals surface area contributed by atoms with Gasteiger partial charge in [-0.1, -0.05) is 6.07 Å². The minimum atomic E-state index is -0.280. The fraction of sp³-hybridized carbons (Fsp3) is 0.500. The zero-order valence-corrected chi connectivity index (χ0v) is 13.1. The monoisotopic (exact) mass is 305 g/mol. The van der Waals surface area contributed by atoms with E-state index in [2.05, 4.69) is 5.32 Å². The number of hydrogen-bond donors (Lipinski definition) is 2. The molecule has 0 saturated carbocycles. The summed E-state index contributed by atoms with van der Waals surface area (Å²) in [6, 6.07) is 5.64. The molecule has 1 aromatic rings. The number of aryl methyl sites for hydroxylation is 2. The molecule has 3 amide bonds. The maximum atomic E-state index is 12.0. The highest BCUT2D eigenvalue weighted by atomic mass is 16.5. The van der Waals surface area contributed by atoms with Gasteiger partial charge >= 0.3 is 6.03 Å². The molecule has 1 aromatic carbocycles. The van der Waals surface area contributed by atoms with Crippen LogP contribution in [0.4, 0.5) is 4.79 Å². The number of primary amides is 1. The standard InChI is InChI=1S/C16H23N3O3/c1-11-3-4-14(9-12(11)2)22-10-18-16(21)19-7-5-13(6-8-19)15(17)20/h3-4,9,13H,5-8,10H2,1-2H3,(H2,17,20)(H,18,21). The van der Waals surface area contributed by atoms with Crippen LogP contribution in [0.2, 0.25) is 0 Å². The van der Waals surface area contributed by atoms with Crippen molar-refractivity contribution in [3.05, 3.63) is 29.3 Å². The second kappa shape index (κ2) is 7.15. The van der Waals surface area contributed by atoms with Crippen LogP contribution in [-0.2, 0) is 4.79 Å². The molecule has 1 fully saturated rings. The number of benzene rings is 1. The Morgan fingerprint density at radius 3 is 2.55 bits per heavy atom. The van der Waals surface area contributed by atoms with E-state index in [1.807, 2.05) is 32.0 Å². The van der Waals surface area contributed by atoms with Crippen molar-refractivity contribution in [1.29, 1.82) is 0 Å². The summed E-state index contributed by atoms with van der Waals surface area (Å²) in [4.78, 5) is 24.8. The Morgan fingerprint density at radius 2 is 1.95 bits per heavy atom. The Bertz CT molecular complexity index is 552. The first-order valence-corrected chi connectivity index (χ1v) is 7.49. The van der Waals surface area contributed by atoms with Crippen LogP contribution in [-0.4, -0.2) is 36.7 Å². The number of hydrogen-bond acceptors (Lipinski definition) is 3. The smallest absolute Gasteiger partial charge is 0.320 e. The molecule has 3 N–H and O–H groups in total. The normalized spacial score (nSPS) is 15.5. The molecule has 1 aliphatic heterocycles. The van der Waals surface area contributed by atoms with Crippen molar-refractivity contribution in [2.24, 2.45) is 11.7 Å². The highest BCUT2D eigenvalue weighted by molar-refractivity contribution is 5.78. The lowest BCUT2D eigenvalue weighted by molar-refractivity contribution is -0.123. The van der Waals surface area contributed by atoms with Gasteiger partial charge in [0.25, 0.3) is 0 Å². The van der Waals surface area contributed by atoms with Gasteiger partial charge in [0, 0.05) is 19.0 Å². The number of likely N-dealkylation sites (tertiary alicyclic amines) is 1. The summed E-state index contributed by atoms with van der Waals surface area (Å²) in [6.07, 6.45) is 1.25. The third kappa shape index (κ3) is 4.13. The lowest BCUT2D eigenvalue weighted by Crippen LogP contribution is -2.47. The Kier molecular flexibility index (Phi) is 5.25. The Hall–Kier alpha value is -2.24. The van der Waals surface area contributed by atoms with Crippen LogP contribution in [0.5, 0.6) is 5.75 Å². The molecule has 0 unspecified atom stereocenters. The molecule has 0 atom stereocenters. The van der Waals surface area contributed by atoms with Crippen LogP contribution in [0, 0.1) is 19.8 Å². The second-order valence-electron chi connectivity index (χ2n) is 5.68. The fourth-order valence-electron chi connectivity index (χ4n) is 2.46. The molecular weight excluding hydrogens is 282 g/mol. The highest BCUT2D eigenvalue weighted by Crippen LogP contribution is 2.17. The number of amides is 3. The maximum Gasteiger partial charge on any atom is 0.320 e. The predicted molar refractivity (Wildman–Crippen MR) is 83.4 cm³/mol. The lowest BCUT2D eigenvalue weighted by atomic mass is 9.97. The number of nitrogens with two attached hydrogens (primary N) is 1. The van der Waals surface area contributed by atoms with E-state index in [-0.39, 0.29) is 24.6 Å². The van der Waals surface area contributed by atoms with Crippen molar-refractivity contribution >= 4 is 11.9 Å². The van der Waals surface area contributed by atoms with Gasteiger partial charge in [-0.25, -0.2) is 4.79 Å². The number of piperidine rings is 1. The van der Waals surface area contributed by atoms with Crippen LogP contribution < -0.4 is 15.8 Å². The lowest BCUT2D eigenvalue weighted by Gasteiger charge is -2.30. The van der Waals surface area contributed by atoms with Crippen molar-refractivity contribution in [2.75, 3.05) is 19.8 Å². The minimum Gasteiger partial charge on any atom is -0.473 e. The van der Waals surface area contributed by atoms with Crippen molar-refractivity contribution in [2.45, 2.75) is 26.7 Å². The average Bonchev–Trinajstić information content (AvgIpc) is 2.51. The first kappa shape index (κ1) is 16.1. The van der Waals surface area contributed by atoms with E-state index in [0.29, 0.717) is 25.9 Å². The van der Waals surface area contributed by atoms with Crippen LogP contribution in [0.25, 0.3) is 0 Å². The first-order valence-electron chi connectivity index (χ1n) is 7.49. The quantitative estimate of drug-likeness (QED) is 0.828.